The van der Waals surface area contributed by atoms with Gasteiger partial charge in [-0.2, -0.15) is 0 Å². The Morgan fingerprint density at radius 2 is 1.37 bits per heavy atom. The first kappa shape index (κ1) is 27.3. The fourth-order valence-corrected chi connectivity index (χ4v) is 3.16. The molecule has 0 aliphatic heterocycles. The number of nitro groups is 1. The van der Waals surface area contributed by atoms with E-state index in [4.69, 9.17) is 37.9 Å². The molecule has 0 atom stereocenters. The first-order valence-electron chi connectivity index (χ1n) is 9.94. The Kier molecular flexibility index (Phi) is 9.31. The van der Waals surface area contributed by atoms with Gasteiger partial charge >= 0.3 is 6.16 Å². The van der Waals surface area contributed by atoms with Crippen LogP contribution in [0.15, 0.2) is 24.3 Å². The van der Waals surface area contributed by atoms with Gasteiger partial charge in [0.05, 0.1) is 45.0 Å². The van der Waals surface area contributed by atoms with Crippen molar-refractivity contribution in [1.82, 2.24) is 0 Å². The number of nitrogens with zero attached hydrogens (tertiary/aromatic N) is 1. The van der Waals surface area contributed by atoms with E-state index >= 15 is 0 Å². The molecule has 0 spiro atoms. The van der Waals surface area contributed by atoms with Crippen molar-refractivity contribution >= 4 is 11.8 Å². The van der Waals surface area contributed by atoms with Crippen LogP contribution in [-0.4, -0.2) is 65.5 Å². The summed E-state index contributed by atoms with van der Waals surface area (Å²) in [6.07, 6.45) is -1.15. The van der Waals surface area contributed by atoms with Gasteiger partial charge in [-0.25, -0.2) is 4.79 Å². The van der Waals surface area contributed by atoms with Crippen LogP contribution < -0.4 is 18.9 Å². The van der Waals surface area contributed by atoms with E-state index in [-0.39, 0.29) is 40.0 Å². The number of rotatable bonds is 12. The van der Waals surface area contributed by atoms with Crippen LogP contribution in [0.1, 0.15) is 11.1 Å². The first-order valence-corrected chi connectivity index (χ1v) is 9.94. The second-order valence-corrected chi connectivity index (χ2v) is 6.81. The van der Waals surface area contributed by atoms with Crippen molar-refractivity contribution in [2.75, 3.05) is 49.3 Å². The molecule has 1 N–H and O–H groups in total. The van der Waals surface area contributed by atoms with Crippen molar-refractivity contribution in [3.63, 3.8) is 0 Å². The van der Waals surface area contributed by atoms with Gasteiger partial charge in [0.15, 0.2) is 29.6 Å². The number of hydrogen-bond acceptors (Lipinski definition) is 12. The number of benzene rings is 2. The van der Waals surface area contributed by atoms with Crippen molar-refractivity contribution in [3.8, 4) is 28.7 Å². The monoisotopic (exact) mass is 497 g/mol. The molecule has 13 nitrogen and oxygen atoms in total. The zero-order valence-corrected chi connectivity index (χ0v) is 20.1. The van der Waals surface area contributed by atoms with E-state index < -0.39 is 30.1 Å². The summed E-state index contributed by atoms with van der Waals surface area (Å²) in [6.45, 7) is -0.965. The third-order valence-corrected chi connectivity index (χ3v) is 5.09. The van der Waals surface area contributed by atoms with Crippen molar-refractivity contribution < 1.29 is 52.7 Å². The molecule has 0 bridgehead atoms. The second kappa shape index (κ2) is 11.9. The van der Waals surface area contributed by atoms with Crippen LogP contribution in [0.3, 0.4) is 0 Å². The Bertz CT molecular complexity index is 1030. The lowest BCUT2D eigenvalue weighted by Crippen LogP contribution is -2.37. The van der Waals surface area contributed by atoms with E-state index in [1.807, 2.05) is 0 Å². The highest BCUT2D eigenvalue weighted by molar-refractivity contribution is 5.61. The molecule has 2 aromatic rings. The van der Waals surface area contributed by atoms with Gasteiger partial charge in [0, 0.05) is 19.8 Å². The van der Waals surface area contributed by atoms with Crippen molar-refractivity contribution in [3.05, 3.63) is 45.5 Å². The molecule has 2 aromatic carbocycles. The zero-order valence-electron chi connectivity index (χ0n) is 20.1. The maximum absolute atomic E-state index is 12.3. The summed E-state index contributed by atoms with van der Waals surface area (Å²) in [5.74, 6) is -1.35. The number of methoxy groups -OCH3 is 6. The SMILES string of the molecule is COc1cc(COC(=O)OCC(OC)(OC)c2cc(OC)c(O)c(OC)c2)c([N+](=O)[O-])cc1OC. The second-order valence-electron chi connectivity index (χ2n) is 6.81. The van der Waals surface area contributed by atoms with E-state index in [1.165, 1.54) is 60.9 Å². The third kappa shape index (κ3) is 5.94. The van der Waals surface area contributed by atoms with Crippen LogP contribution in [0.2, 0.25) is 0 Å². The lowest BCUT2D eigenvalue weighted by atomic mass is 10.0. The summed E-state index contributed by atoms with van der Waals surface area (Å²) in [5, 5.41) is 21.6. The summed E-state index contributed by atoms with van der Waals surface area (Å²) in [4.78, 5) is 23.1. The predicted octanol–water partition coefficient (Wildman–Crippen LogP) is 3.13. The Morgan fingerprint density at radius 3 is 1.83 bits per heavy atom. The molecule has 0 saturated carbocycles. The molecule has 192 valence electrons. The number of nitro benzene ring substituents is 1. The largest absolute Gasteiger partial charge is 0.508 e. The molecule has 0 fully saturated rings. The summed E-state index contributed by atoms with van der Waals surface area (Å²) in [5.41, 5.74) is 0.0292. The van der Waals surface area contributed by atoms with E-state index in [1.54, 1.807) is 0 Å². The predicted molar refractivity (Wildman–Crippen MR) is 119 cm³/mol. The maximum atomic E-state index is 12.3. The Balaban J connectivity index is 2.21. The van der Waals surface area contributed by atoms with Crippen molar-refractivity contribution in [1.29, 1.82) is 0 Å². The fraction of sp³-hybridized carbons (Fsp3) is 0.409. The number of carbonyl (C=O) groups excluding carboxylic acids is 1. The van der Waals surface area contributed by atoms with E-state index in [0.29, 0.717) is 5.56 Å². The molecular formula is C22H27NO12. The topological polar surface area (TPSA) is 154 Å². The standard InChI is InChI=1S/C22H27NO12/c1-28-16-7-13(15(23(26)27)10-17(16)29-2)11-34-21(25)35-12-22(32-5,33-6)14-8-18(30-3)20(24)19(9-14)31-4/h7-10,24H,11-12H2,1-6H3. The molecule has 13 heteroatoms. The number of phenols is 1. The minimum absolute atomic E-state index is 0.0577. The van der Waals surface area contributed by atoms with Crippen molar-refractivity contribution in [2.45, 2.75) is 12.4 Å². The Morgan fingerprint density at radius 1 is 0.857 bits per heavy atom. The maximum Gasteiger partial charge on any atom is 0.508 e. The minimum Gasteiger partial charge on any atom is -0.502 e. The van der Waals surface area contributed by atoms with Gasteiger partial charge in [-0.1, -0.05) is 0 Å². The first-order chi connectivity index (χ1) is 16.7. The summed E-state index contributed by atoms with van der Waals surface area (Å²) in [6, 6.07) is 5.34. The Labute approximate surface area is 201 Å². The van der Waals surface area contributed by atoms with Gasteiger partial charge in [0.25, 0.3) is 5.69 Å². The third-order valence-electron chi connectivity index (χ3n) is 5.09. The normalized spacial score (nSPS) is 10.9. The summed E-state index contributed by atoms with van der Waals surface area (Å²) >= 11 is 0. The average molecular weight is 497 g/mol. The number of carbonyl (C=O) groups is 1. The minimum atomic E-state index is -1.62. The van der Waals surface area contributed by atoms with Gasteiger partial charge in [-0.3, -0.25) is 10.1 Å². The smallest absolute Gasteiger partial charge is 0.502 e. The van der Waals surface area contributed by atoms with Crippen LogP contribution >= 0.6 is 0 Å². The molecular weight excluding hydrogens is 470 g/mol. The number of ether oxygens (including phenoxy) is 8. The van der Waals surface area contributed by atoms with Crippen LogP contribution in [0.25, 0.3) is 0 Å². The number of hydrogen-bond donors (Lipinski definition) is 1. The van der Waals surface area contributed by atoms with Crippen LogP contribution in [0.5, 0.6) is 28.7 Å². The fourth-order valence-electron chi connectivity index (χ4n) is 3.16. The van der Waals surface area contributed by atoms with Gasteiger partial charge in [0.2, 0.25) is 11.5 Å². The van der Waals surface area contributed by atoms with Crippen LogP contribution in [0.4, 0.5) is 10.5 Å². The molecule has 0 radical (unpaired) electrons. The van der Waals surface area contributed by atoms with Gasteiger partial charge in [-0.15, -0.1) is 0 Å². The number of aromatic hydroxyl groups is 1. The van der Waals surface area contributed by atoms with E-state index in [2.05, 4.69) is 0 Å². The molecule has 35 heavy (non-hydrogen) atoms. The zero-order chi connectivity index (χ0) is 26.2. The number of phenolic OH excluding ortho intramolecular Hbond substituents is 1. The van der Waals surface area contributed by atoms with Gasteiger partial charge < -0.3 is 43.0 Å². The lowest BCUT2D eigenvalue weighted by Gasteiger charge is -2.31. The highest BCUT2D eigenvalue weighted by Gasteiger charge is 2.36. The molecule has 0 aliphatic carbocycles. The molecule has 0 aromatic heterocycles. The lowest BCUT2D eigenvalue weighted by molar-refractivity contribution is -0.385. The van der Waals surface area contributed by atoms with E-state index in [9.17, 15) is 20.0 Å². The van der Waals surface area contributed by atoms with Gasteiger partial charge in [-0.05, 0) is 18.2 Å². The summed E-state index contributed by atoms with van der Waals surface area (Å²) in [7, 11) is 8.03. The molecule has 0 amide bonds. The highest BCUT2D eigenvalue weighted by atomic mass is 16.8. The highest BCUT2D eigenvalue weighted by Crippen LogP contribution is 2.41. The molecule has 0 unspecified atom stereocenters. The molecule has 0 heterocycles. The quantitative estimate of drug-likeness (QED) is 0.198. The van der Waals surface area contributed by atoms with Gasteiger partial charge in [0.1, 0.15) is 6.61 Å². The van der Waals surface area contributed by atoms with E-state index in [0.717, 1.165) is 6.07 Å². The molecule has 2 rings (SSSR count). The van der Waals surface area contributed by atoms with Crippen LogP contribution in [0, 0.1) is 10.1 Å². The summed E-state index contributed by atoms with van der Waals surface area (Å²) < 4.78 is 41.6. The average Bonchev–Trinajstić information content (AvgIpc) is 2.87. The molecule has 0 saturated heterocycles. The molecule has 0 aliphatic rings. The Hall–Kier alpha value is -3.97. The van der Waals surface area contributed by atoms with Crippen molar-refractivity contribution in [2.24, 2.45) is 0 Å². The van der Waals surface area contributed by atoms with Crippen LogP contribution in [-0.2, 0) is 31.3 Å².